The summed E-state index contributed by atoms with van der Waals surface area (Å²) in [7, 11) is 0. The van der Waals surface area contributed by atoms with Crippen molar-refractivity contribution in [2.24, 2.45) is 0 Å². The van der Waals surface area contributed by atoms with Crippen LogP contribution in [-0.4, -0.2) is 25.2 Å². The standard InChI is InChI=1S/C22H19ClO4/c1-3-26-21(24)18-16-12-10-15(14-8-6-5-7-9-14)11-13-17(16)19(20(18)23)22(25)27-4-2/h5-13H,3-4H2,1-2H3. The van der Waals surface area contributed by atoms with Crippen LogP contribution >= 0.6 is 11.6 Å². The second kappa shape index (κ2) is 8.23. The van der Waals surface area contributed by atoms with E-state index in [4.69, 9.17) is 21.1 Å². The van der Waals surface area contributed by atoms with E-state index in [1.807, 2.05) is 42.5 Å². The zero-order valence-corrected chi connectivity index (χ0v) is 15.9. The molecule has 1 aromatic carbocycles. The van der Waals surface area contributed by atoms with Gasteiger partial charge in [-0.3, -0.25) is 0 Å². The summed E-state index contributed by atoms with van der Waals surface area (Å²) in [5.41, 5.74) is 3.47. The predicted octanol–water partition coefficient (Wildman–Crippen LogP) is 5.47. The summed E-state index contributed by atoms with van der Waals surface area (Å²) in [5, 5.41) is 0.0642. The normalized spacial score (nSPS) is 10.6. The number of ether oxygens (including phenoxy) is 2. The molecule has 0 bridgehead atoms. The third-order valence-electron chi connectivity index (χ3n) is 4.19. The van der Waals surface area contributed by atoms with E-state index < -0.39 is 11.9 Å². The quantitative estimate of drug-likeness (QED) is 0.549. The van der Waals surface area contributed by atoms with Crippen LogP contribution in [0, 0.1) is 0 Å². The molecule has 0 saturated heterocycles. The van der Waals surface area contributed by atoms with Crippen molar-refractivity contribution in [2.75, 3.05) is 13.2 Å². The van der Waals surface area contributed by atoms with E-state index >= 15 is 0 Å². The van der Waals surface area contributed by atoms with E-state index in [0.717, 1.165) is 11.1 Å². The number of halogens is 1. The number of hydrogen-bond acceptors (Lipinski definition) is 4. The van der Waals surface area contributed by atoms with Gasteiger partial charge in [0, 0.05) is 0 Å². The molecule has 2 aliphatic carbocycles. The van der Waals surface area contributed by atoms with Crippen LogP contribution in [0.1, 0.15) is 34.6 Å². The Bertz CT molecular complexity index is 894. The third-order valence-corrected chi connectivity index (χ3v) is 4.57. The molecule has 4 nitrogen and oxygen atoms in total. The van der Waals surface area contributed by atoms with Gasteiger partial charge in [0.05, 0.1) is 29.4 Å². The molecule has 3 rings (SSSR count). The molecular formula is C22H19ClO4. The summed E-state index contributed by atoms with van der Waals surface area (Å²) >= 11 is 6.41. The first kappa shape index (κ1) is 18.9. The van der Waals surface area contributed by atoms with E-state index in [1.54, 1.807) is 26.0 Å². The van der Waals surface area contributed by atoms with Gasteiger partial charge in [-0.1, -0.05) is 66.2 Å². The number of fused-ring (bicyclic) bond motifs is 1. The van der Waals surface area contributed by atoms with E-state index in [1.165, 1.54) is 0 Å². The Kier molecular flexibility index (Phi) is 5.77. The number of carbonyl (C=O) groups excluding carboxylic acids is 2. The van der Waals surface area contributed by atoms with Gasteiger partial charge in [0.15, 0.2) is 0 Å². The highest BCUT2D eigenvalue weighted by Gasteiger charge is 2.31. The average Bonchev–Trinajstić information content (AvgIpc) is 2.79. The van der Waals surface area contributed by atoms with Crippen molar-refractivity contribution in [2.45, 2.75) is 13.8 Å². The number of hydrogen-bond donors (Lipinski definition) is 0. The van der Waals surface area contributed by atoms with E-state index in [2.05, 4.69) is 0 Å². The Morgan fingerprint density at radius 3 is 1.63 bits per heavy atom. The molecule has 0 spiro atoms. The molecule has 1 aromatic rings. The van der Waals surface area contributed by atoms with Gasteiger partial charge < -0.3 is 9.47 Å². The Labute approximate surface area is 163 Å². The van der Waals surface area contributed by atoms with Gasteiger partial charge in [-0.25, -0.2) is 9.59 Å². The van der Waals surface area contributed by atoms with Crippen LogP contribution < -0.4 is 0 Å². The van der Waals surface area contributed by atoms with Crippen molar-refractivity contribution in [1.82, 2.24) is 0 Å². The number of benzene rings is 1. The lowest BCUT2D eigenvalue weighted by Crippen LogP contribution is -2.06. The monoisotopic (exact) mass is 382 g/mol. The van der Waals surface area contributed by atoms with Crippen molar-refractivity contribution in [3.05, 3.63) is 70.7 Å². The van der Waals surface area contributed by atoms with E-state index in [0.29, 0.717) is 11.1 Å². The van der Waals surface area contributed by atoms with Gasteiger partial charge in [-0.15, -0.1) is 0 Å². The highest BCUT2D eigenvalue weighted by Crippen LogP contribution is 2.41. The van der Waals surface area contributed by atoms with Crippen LogP contribution in [0.3, 0.4) is 0 Å². The fourth-order valence-electron chi connectivity index (χ4n) is 3.01. The first-order chi connectivity index (χ1) is 13.1. The number of rotatable bonds is 5. The molecule has 0 heterocycles. The first-order valence-electron chi connectivity index (χ1n) is 8.73. The maximum Gasteiger partial charge on any atom is 0.340 e. The Morgan fingerprint density at radius 2 is 1.19 bits per heavy atom. The largest absolute Gasteiger partial charge is 0.462 e. The molecule has 0 aromatic heterocycles. The fraction of sp³-hybridized carbons (Fsp3) is 0.182. The summed E-state index contributed by atoms with van der Waals surface area (Å²) in [6, 6.07) is 17.2. The maximum absolute atomic E-state index is 12.5. The van der Waals surface area contributed by atoms with Crippen LogP contribution in [0.5, 0.6) is 0 Å². The van der Waals surface area contributed by atoms with Crippen molar-refractivity contribution in [3.8, 4) is 22.3 Å². The molecule has 0 saturated carbocycles. The van der Waals surface area contributed by atoms with Gasteiger partial charge in [-0.05, 0) is 36.1 Å². The minimum absolute atomic E-state index is 0.0642. The van der Waals surface area contributed by atoms with Crippen LogP contribution in [0.25, 0.3) is 22.3 Å². The van der Waals surface area contributed by atoms with Crippen LogP contribution in [0.15, 0.2) is 54.6 Å². The summed E-state index contributed by atoms with van der Waals surface area (Å²) in [5.74, 6) is -1.12. The van der Waals surface area contributed by atoms with Crippen molar-refractivity contribution in [3.63, 3.8) is 0 Å². The first-order valence-corrected chi connectivity index (χ1v) is 9.11. The van der Waals surface area contributed by atoms with Crippen molar-refractivity contribution < 1.29 is 19.1 Å². The highest BCUT2D eigenvalue weighted by molar-refractivity contribution is 6.39. The SMILES string of the molecule is CCOC(=O)c1c2ccc(-c3ccccc3)ccc-2c(C(=O)OCC)c1Cl. The Balaban J connectivity index is 2.24. The number of esters is 2. The molecule has 27 heavy (non-hydrogen) atoms. The Morgan fingerprint density at radius 1 is 0.741 bits per heavy atom. The van der Waals surface area contributed by atoms with Crippen LogP contribution in [0.2, 0.25) is 5.02 Å². The van der Waals surface area contributed by atoms with Gasteiger partial charge in [0.1, 0.15) is 0 Å². The number of carbonyl (C=O) groups is 2. The predicted molar refractivity (Wildman–Crippen MR) is 105 cm³/mol. The molecule has 0 atom stereocenters. The van der Waals surface area contributed by atoms with Gasteiger partial charge in [0.2, 0.25) is 0 Å². The van der Waals surface area contributed by atoms with Gasteiger partial charge >= 0.3 is 11.9 Å². The summed E-state index contributed by atoms with van der Waals surface area (Å²) < 4.78 is 10.3. The van der Waals surface area contributed by atoms with Gasteiger partial charge in [0.25, 0.3) is 0 Å². The molecule has 2 aliphatic rings. The zero-order valence-electron chi connectivity index (χ0n) is 15.1. The molecule has 0 amide bonds. The second-order valence-electron chi connectivity index (χ2n) is 5.82. The minimum Gasteiger partial charge on any atom is -0.462 e. The van der Waals surface area contributed by atoms with E-state index in [-0.39, 0.29) is 29.4 Å². The zero-order chi connectivity index (χ0) is 19.4. The minimum atomic E-state index is -0.560. The molecule has 0 radical (unpaired) electrons. The van der Waals surface area contributed by atoms with E-state index in [9.17, 15) is 9.59 Å². The molecule has 0 aliphatic heterocycles. The highest BCUT2D eigenvalue weighted by atomic mass is 35.5. The maximum atomic E-state index is 12.5. The molecule has 0 unspecified atom stereocenters. The van der Waals surface area contributed by atoms with Crippen molar-refractivity contribution in [1.29, 1.82) is 0 Å². The topological polar surface area (TPSA) is 52.6 Å². The lowest BCUT2D eigenvalue weighted by atomic mass is 10.1. The average molecular weight is 383 g/mol. The third kappa shape index (κ3) is 3.67. The molecule has 0 N–H and O–H groups in total. The fourth-order valence-corrected chi connectivity index (χ4v) is 3.37. The van der Waals surface area contributed by atoms with Gasteiger partial charge in [-0.2, -0.15) is 0 Å². The Hall–Kier alpha value is -2.85. The summed E-state index contributed by atoms with van der Waals surface area (Å²) in [6.45, 7) is 3.86. The molecule has 5 heteroatoms. The second-order valence-corrected chi connectivity index (χ2v) is 6.20. The summed E-state index contributed by atoms with van der Waals surface area (Å²) in [6.07, 6.45) is 0. The molecule has 138 valence electrons. The molecule has 0 fully saturated rings. The lowest BCUT2D eigenvalue weighted by Gasteiger charge is -2.02. The summed E-state index contributed by atoms with van der Waals surface area (Å²) in [4.78, 5) is 24.9. The van der Waals surface area contributed by atoms with Crippen LogP contribution in [-0.2, 0) is 9.47 Å². The molecular weight excluding hydrogens is 364 g/mol. The smallest absolute Gasteiger partial charge is 0.340 e. The van der Waals surface area contributed by atoms with Crippen molar-refractivity contribution >= 4 is 23.5 Å². The van der Waals surface area contributed by atoms with Crippen LogP contribution in [0.4, 0.5) is 0 Å². The lowest BCUT2D eigenvalue weighted by molar-refractivity contribution is 0.0525.